The molecule has 1 aliphatic carbocycles. The van der Waals surface area contributed by atoms with Gasteiger partial charge in [0.1, 0.15) is 5.75 Å². The van der Waals surface area contributed by atoms with Gasteiger partial charge in [-0.1, -0.05) is 31.4 Å². The first-order valence-corrected chi connectivity index (χ1v) is 11.5. The molecule has 4 heteroatoms. The van der Waals surface area contributed by atoms with Crippen molar-refractivity contribution in [2.24, 2.45) is 5.92 Å². The number of ether oxygens (including phenoxy) is 1. The maximum absolute atomic E-state index is 12.6. The van der Waals surface area contributed by atoms with Crippen LogP contribution in [0.2, 0.25) is 0 Å². The fourth-order valence-electron chi connectivity index (χ4n) is 4.70. The quantitative estimate of drug-likeness (QED) is 0.645. The van der Waals surface area contributed by atoms with Gasteiger partial charge in [0, 0.05) is 11.6 Å². The minimum Gasteiger partial charge on any atom is -0.494 e. The van der Waals surface area contributed by atoms with Crippen LogP contribution < -0.4 is 15.4 Å². The second kappa shape index (κ2) is 10.1. The molecule has 2 aliphatic rings. The third-order valence-corrected chi connectivity index (χ3v) is 6.44. The lowest BCUT2D eigenvalue weighted by atomic mass is 9.95. The molecule has 2 aromatic rings. The number of rotatable bonds is 7. The summed E-state index contributed by atoms with van der Waals surface area (Å²) in [5.41, 5.74) is 0.748. The Bertz CT molecular complexity index is 808. The van der Waals surface area contributed by atoms with E-state index in [1.54, 1.807) is 0 Å². The highest BCUT2D eigenvalue weighted by Gasteiger charge is 2.17. The van der Waals surface area contributed by atoms with E-state index in [4.69, 9.17) is 4.74 Å². The highest BCUT2D eigenvalue weighted by atomic mass is 16.5. The fraction of sp³-hybridized carbons (Fsp3) is 0.560. The number of hydrogen-bond donors (Lipinski definition) is 2. The third-order valence-electron chi connectivity index (χ3n) is 6.44. The van der Waals surface area contributed by atoms with Crippen LogP contribution in [0.5, 0.6) is 5.75 Å². The average molecular weight is 395 g/mol. The molecule has 2 aromatic carbocycles. The molecule has 0 bridgehead atoms. The first-order valence-electron chi connectivity index (χ1n) is 11.5. The van der Waals surface area contributed by atoms with Crippen molar-refractivity contribution in [1.82, 2.24) is 10.6 Å². The number of hydrogen-bond acceptors (Lipinski definition) is 3. The molecular formula is C25H34N2O2. The summed E-state index contributed by atoms with van der Waals surface area (Å²) in [4.78, 5) is 12.6. The fourth-order valence-corrected chi connectivity index (χ4v) is 4.70. The summed E-state index contributed by atoms with van der Waals surface area (Å²) in [6.07, 6.45) is 11.0. The first kappa shape index (κ1) is 20.2. The molecule has 2 N–H and O–H groups in total. The van der Waals surface area contributed by atoms with E-state index in [1.807, 2.05) is 24.3 Å². The standard InChI is InChI=1S/C25H34N2O2/c28-25(27-23-8-2-1-3-9-23)22-11-10-21-17-24(13-12-20(21)16-22)29-15-5-7-19-6-4-14-26-18-19/h10-13,16-17,19,23,26H,1-9,14-15,18H2,(H,27,28). The molecule has 1 saturated carbocycles. The second-order valence-electron chi connectivity index (χ2n) is 8.74. The summed E-state index contributed by atoms with van der Waals surface area (Å²) < 4.78 is 5.98. The van der Waals surface area contributed by atoms with E-state index in [0.717, 1.165) is 60.4 Å². The van der Waals surface area contributed by atoms with Gasteiger partial charge >= 0.3 is 0 Å². The predicted molar refractivity (Wildman–Crippen MR) is 119 cm³/mol. The van der Waals surface area contributed by atoms with Gasteiger partial charge in [-0.3, -0.25) is 4.79 Å². The van der Waals surface area contributed by atoms with Gasteiger partial charge in [-0.25, -0.2) is 0 Å². The Morgan fingerprint density at radius 2 is 1.83 bits per heavy atom. The van der Waals surface area contributed by atoms with Crippen LogP contribution in [0.4, 0.5) is 0 Å². The molecule has 1 saturated heterocycles. The van der Waals surface area contributed by atoms with Crippen LogP contribution in [0.3, 0.4) is 0 Å². The minimum atomic E-state index is 0.0522. The summed E-state index contributed by atoms with van der Waals surface area (Å²) in [5, 5.41) is 8.89. The van der Waals surface area contributed by atoms with Gasteiger partial charge in [0.15, 0.2) is 0 Å². The summed E-state index contributed by atoms with van der Waals surface area (Å²) in [6, 6.07) is 12.5. The number of carbonyl (C=O) groups is 1. The largest absolute Gasteiger partial charge is 0.494 e. The molecule has 1 unspecified atom stereocenters. The summed E-state index contributed by atoms with van der Waals surface area (Å²) >= 11 is 0. The summed E-state index contributed by atoms with van der Waals surface area (Å²) in [7, 11) is 0. The summed E-state index contributed by atoms with van der Waals surface area (Å²) in [6.45, 7) is 3.10. The van der Waals surface area contributed by atoms with Crippen molar-refractivity contribution in [1.29, 1.82) is 0 Å². The lowest BCUT2D eigenvalue weighted by Gasteiger charge is -2.22. The number of amides is 1. The Morgan fingerprint density at radius 3 is 2.66 bits per heavy atom. The van der Waals surface area contributed by atoms with Gasteiger partial charge in [0.05, 0.1) is 6.61 Å². The van der Waals surface area contributed by atoms with E-state index in [1.165, 1.54) is 45.1 Å². The average Bonchev–Trinajstić information content (AvgIpc) is 2.77. The van der Waals surface area contributed by atoms with E-state index >= 15 is 0 Å². The van der Waals surface area contributed by atoms with Crippen LogP contribution in [0.15, 0.2) is 36.4 Å². The Hall–Kier alpha value is -2.07. The molecule has 0 radical (unpaired) electrons. The van der Waals surface area contributed by atoms with Gasteiger partial charge in [-0.2, -0.15) is 0 Å². The maximum atomic E-state index is 12.6. The van der Waals surface area contributed by atoms with Gasteiger partial charge in [-0.05, 0) is 92.6 Å². The van der Waals surface area contributed by atoms with Crippen molar-refractivity contribution < 1.29 is 9.53 Å². The number of carbonyl (C=O) groups excluding carboxylic acids is 1. The van der Waals surface area contributed by atoms with Crippen molar-refractivity contribution in [2.45, 2.75) is 63.8 Å². The van der Waals surface area contributed by atoms with Crippen LogP contribution in [0.1, 0.15) is 68.1 Å². The maximum Gasteiger partial charge on any atom is 0.251 e. The van der Waals surface area contributed by atoms with Gasteiger partial charge < -0.3 is 15.4 Å². The van der Waals surface area contributed by atoms with Crippen molar-refractivity contribution in [3.63, 3.8) is 0 Å². The number of benzene rings is 2. The molecule has 1 atom stereocenters. The highest BCUT2D eigenvalue weighted by Crippen LogP contribution is 2.24. The molecular weight excluding hydrogens is 360 g/mol. The van der Waals surface area contributed by atoms with Crippen LogP contribution in [0, 0.1) is 5.92 Å². The molecule has 2 fully saturated rings. The van der Waals surface area contributed by atoms with E-state index in [0.29, 0.717) is 6.04 Å². The zero-order valence-corrected chi connectivity index (χ0v) is 17.4. The molecule has 156 valence electrons. The van der Waals surface area contributed by atoms with Crippen molar-refractivity contribution in [3.05, 3.63) is 42.0 Å². The first-order chi connectivity index (χ1) is 14.3. The van der Waals surface area contributed by atoms with Crippen LogP contribution in [-0.2, 0) is 0 Å². The van der Waals surface area contributed by atoms with Gasteiger partial charge in [0.2, 0.25) is 0 Å². The molecule has 0 aromatic heterocycles. The topological polar surface area (TPSA) is 50.4 Å². The Kier molecular flexibility index (Phi) is 7.04. The highest BCUT2D eigenvalue weighted by molar-refractivity contribution is 5.98. The molecule has 1 heterocycles. The van der Waals surface area contributed by atoms with Crippen molar-refractivity contribution in [3.8, 4) is 5.75 Å². The van der Waals surface area contributed by atoms with Crippen LogP contribution >= 0.6 is 0 Å². The summed E-state index contributed by atoms with van der Waals surface area (Å²) in [5.74, 6) is 1.78. The zero-order chi connectivity index (χ0) is 19.9. The number of nitrogens with one attached hydrogen (secondary N) is 2. The lowest BCUT2D eigenvalue weighted by Crippen LogP contribution is -2.36. The van der Waals surface area contributed by atoms with Gasteiger partial charge in [-0.15, -0.1) is 0 Å². The smallest absolute Gasteiger partial charge is 0.251 e. The monoisotopic (exact) mass is 394 g/mol. The molecule has 0 spiro atoms. The number of fused-ring (bicyclic) bond motifs is 1. The van der Waals surface area contributed by atoms with Gasteiger partial charge in [0.25, 0.3) is 5.91 Å². The lowest BCUT2D eigenvalue weighted by molar-refractivity contribution is 0.0928. The normalized spacial score (nSPS) is 20.5. The van der Waals surface area contributed by atoms with Crippen LogP contribution in [-0.4, -0.2) is 31.6 Å². The van der Waals surface area contributed by atoms with Crippen LogP contribution in [0.25, 0.3) is 10.8 Å². The molecule has 29 heavy (non-hydrogen) atoms. The second-order valence-corrected chi connectivity index (χ2v) is 8.74. The van der Waals surface area contributed by atoms with Crippen molar-refractivity contribution in [2.75, 3.05) is 19.7 Å². The van der Waals surface area contributed by atoms with E-state index in [2.05, 4.69) is 22.8 Å². The Labute approximate surface area is 174 Å². The van der Waals surface area contributed by atoms with E-state index < -0.39 is 0 Å². The minimum absolute atomic E-state index is 0.0522. The van der Waals surface area contributed by atoms with E-state index in [-0.39, 0.29) is 5.91 Å². The number of piperidine rings is 1. The van der Waals surface area contributed by atoms with Crippen molar-refractivity contribution >= 4 is 16.7 Å². The molecule has 4 nitrogen and oxygen atoms in total. The van der Waals surface area contributed by atoms with E-state index in [9.17, 15) is 4.79 Å². The molecule has 4 rings (SSSR count). The third kappa shape index (κ3) is 5.72. The molecule has 1 aliphatic heterocycles. The zero-order valence-electron chi connectivity index (χ0n) is 17.4. The Balaban J connectivity index is 1.30. The SMILES string of the molecule is O=C(NC1CCCCC1)c1ccc2cc(OCCCC3CCCNC3)ccc2c1. The predicted octanol–water partition coefficient (Wildman–Crippen LogP) is 5.06. The molecule has 1 amide bonds. The Morgan fingerprint density at radius 1 is 1.00 bits per heavy atom.